The molecule has 0 saturated carbocycles. The summed E-state index contributed by atoms with van der Waals surface area (Å²) in [6.07, 6.45) is 1.50. The minimum absolute atomic E-state index is 0.0170. The van der Waals surface area contributed by atoms with Crippen LogP contribution in [0.4, 0.5) is 4.39 Å². The molecule has 1 atom stereocenters. The van der Waals surface area contributed by atoms with E-state index in [1.807, 2.05) is 12.1 Å². The normalized spacial score (nSPS) is 15.6. The molecule has 0 aromatic heterocycles. The van der Waals surface area contributed by atoms with Crippen molar-refractivity contribution < 1.29 is 9.18 Å². The largest absolute Gasteiger partial charge is 0.351 e. The third-order valence-electron chi connectivity index (χ3n) is 4.27. The quantitative estimate of drug-likeness (QED) is 0.889. The van der Waals surface area contributed by atoms with Gasteiger partial charge in [0.15, 0.2) is 0 Å². The number of nitriles is 1. The smallest absolute Gasteiger partial charge is 0.234 e. The zero-order valence-electron chi connectivity index (χ0n) is 13.2. The fraction of sp³-hybridized carbons (Fsp3) is 0.263. The zero-order valence-corrected chi connectivity index (χ0v) is 13.2. The molecular formula is C19H18FN3O. The van der Waals surface area contributed by atoms with E-state index in [1.54, 1.807) is 24.3 Å². The predicted octanol–water partition coefficient (Wildman–Crippen LogP) is 2.59. The van der Waals surface area contributed by atoms with E-state index in [0.717, 1.165) is 23.1 Å². The number of hydrogen-bond donors (Lipinski definition) is 2. The topological polar surface area (TPSA) is 64.9 Å². The van der Waals surface area contributed by atoms with Crippen LogP contribution in [-0.4, -0.2) is 12.5 Å². The number of nitrogens with zero attached hydrogens (tertiary/aromatic N) is 1. The van der Waals surface area contributed by atoms with Crippen LogP contribution in [0.25, 0.3) is 0 Å². The van der Waals surface area contributed by atoms with Crippen LogP contribution in [0.3, 0.4) is 0 Å². The molecular weight excluding hydrogens is 305 g/mol. The number of carbonyl (C=O) groups is 1. The lowest BCUT2D eigenvalue weighted by Gasteiger charge is -2.14. The Balaban J connectivity index is 1.50. The van der Waals surface area contributed by atoms with Gasteiger partial charge in [-0.2, -0.15) is 5.26 Å². The summed E-state index contributed by atoms with van der Waals surface area (Å²) in [5, 5.41) is 14.9. The Hall–Kier alpha value is -2.71. The number of hydrogen-bond acceptors (Lipinski definition) is 3. The molecule has 24 heavy (non-hydrogen) atoms. The number of amides is 1. The molecule has 2 N–H and O–H groups in total. The van der Waals surface area contributed by atoms with Gasteiger partial charge in [0.2, 0.25) is 5.91 Å². The van der Waals surface area contributed by atoms with Crippen molar-refractivity contribution in [2.75, 3.05) is 6.54 Å². The van der Waals surface area contributed by atoms with E-state index in [4.69, 9.17) is 5.26 Å². The number of fused-ring (bicyclic) bond motifs is 1. The van der Waals surface area contributed by atoms with Gasteiger partial charge in [0.1, 0.15) is 5.82 Å². The second kappa shape index (κ2) is 7.24. The average Bonchev–Trinajstić information content (AvgIpc) is 3.03. The molecule has 0 spiro atoms. The Morgan fingerprint density at radius 1 is 1.29 bits per heavy atom. The lowest BCUT2D eigenvalue weighted by atomic mass is 10.1. The van der Waals surface area contributed by atoms with Crippen LogP contribution >= 0.6 is 0 Å². The minimum atomic E-state index is -0.168. The fourth-order valence-corrected chi connectivity index (χ4v) is 3.05. The maximum absolute atomic E-state index is 13.7. The number of nitrogens with one attached hydrogen (secondary N) is 2. The molecule has 0 radical (unpaired) electrons. The van der Waals surface area contributed by atoms with Gasteiger partial charge in [-0.05, 0) is 47.7 Å². The zero-order chi connectivity index (χ0) is 16.9. The molecule has 0 heterocycles. The van der Waals surface area contributed by atoms with E-state index >= 15 is 0 Å². The van der Waals surface area contributed by atoms with Crippen LogP contribution in [0.1, 0.15) is 34.7 Å². The summed E-state index contributed by atoms with van der Waals surface area (Å²) in [5.74, 6) is -0.291. The second-order valence-corrected chi connectivity index (χ2v) is 5.87. The van der Waals surface area contributed by atoms with Crippen LogP contribution in [0, 0.1) is 17.1 Å². The second-order valence-electron chi connectivity index (χ2n) is 5.87. The Kier molecular flexibility index (Phi) is 4.88. The molecule has 3 rings (SSSR count). The standard InChI is InChI=1S/C19H18FN3O/c20-17-6-2-5-16-15(17)7-8-18(16)22-12-19(24)23-11-14-4-1-3-13(9-14)10-21/h1-6,9,18,22H,7-8,11-12H2,(H,23,24)/t18-/m1/s1. The molecule has 1 aliphatic carbocycles. The monoisotopic (exact) mass is 323 g/mol. The number of benzene rings is 2. The Bertz CT molecular complexity index is 797. The van der Waals surface area contributed by atoms with E-state index in [-0.39, 0.29) is 24.3 Å². The summed E-state index contributed by atoms with van der Waals surface area (Å²) < 4.78 is 13.7. The first kappa shape index (κ1) is 16.2. The highest BCUT2D eigenvalue weighted by Gasteiger charge is 2.24. The first-order valence-electron chi connectivity index (χ1n) is 7.94. The van der Waals surface area contributed by atoms with Crippen molar-refractivity contribution in [2.24, 2.45) is 0 Å². The van der Waals surface area contributed by atoms with Gasteiger partial charge >= 0.3 is 0 Å². The Labute approximate surface area is 140 Å². The molecule has 0 fully saturated rings. The SMILES string of the molecule is N#Cc1cccc(CNC(=O)CN[C@@H]2CCc3c(F)cccc32)c1. The lowest BCUT2D eigenvalue weighted by molar-refractivity contribution is -0.120. The molecule has 122 valence electrons. The highest BCUT2D eigenvalue weighted by atomic mass is 19.1. The molecule has 1 amide bonds. The summed E-state index contributed by atoms with van der Waals surface area (Å²) in [6, 6.07) is 14.3. The highest BCUT2D eigenvalue weighted by Crippen LogP contribution is 2.32. The predicted molar refractivity (Wildman–Crippen MR) is 88.5 cm³/mol. The maximum Gasteiger partial charge on any atom is 0.234 e. The molecule has 5 heteroatoms. The van der Waals surface area contributed by atoms with Crippen LogP contribution < -0.4 is 10.6 Å². The van der Waals surface area contributed by atoms with Crippen molar-refractivity contribution in [3.8, 4) is 6.07 Å². The van der Waals surface area contributed by atoms with Crippen LogP contribution in [0.15, 0.2) is 42.5 Å². The number of rotatable bonds is 5. The molecule has 0 saturated heterocycles. The molecule has 4 nitrogen and oxygen atoms in total. The Morgan fingerprint density at radius 3 is 2.96 bits per heavy atom. The third-order valence-corrected chi connectivity index (χ3v) is 4.27. The molecule has 0 bridgehead atoms. The summed E-state index contributed by atoms with van der Waals surface area (Å²) in [7, 11) is 0. The molecule has 2 aromatic carbocycles. The van der Waals surface area contributed by atoms with Gasteiger partial charge in [0, 0.05) is 12.6 Å². The summed E-state index contributed by atoms with van der Waals surface area (Å²) >= 11 is 0. The fourth-order valence-electron chi connectivity index (χ4n) is 3.05. The summed E-state index contributed by atoms with van der Waals surface area (Å²) in [6.45, 7) is 0.560. The van der Waals surface area contributed by atoms with Crippen molar-refractivity contribution in [3.63, 3.8) is 0 Å². The van der Waals surface area contributed by atoms with Crippen molar-refractivity contribution in [1.82, 2.24) is 10.6 Å². The van der Waals surface area contributed by atoms with E-state index in [2.05, 4.69) is 16.7 Å². The van der Waals surface area contributed by atoms with Gasteiger partial charge in [0.25, 0.3) is 0 Å². The third kappa shape index (κ3) is 3.61. The molecule has 2 aromatic rings. The van der Waals surface area contributed by atoms with Crippen molar-refractivity contribution in [3.05, 3.63) is 70.5 Å². The van der Waals surface area contributed by atoms with Crippen LogP contribution in [-0.2, 0) is 17.8 Å². The number of carbonyl (C=O) groups excluding carboxylic acids is 1. The molecule has 0 unspecified atom stereocenters. The van der Waals surface area contributed by atoms with E-state index in [9.17, 15) is 9.18 Å². The molecule has 1 aliphatic rings. The van der Waals surface area contributed by atoms with Gasteiger partial charge < -0.3 is 10.6 Å². The van der Waals surface area contributed by atoms with E-state index in [0.29, 0.717) is 18.5 Å². The average molecular weight is 323 g/mol. The summed E-state index contributed by atoms with van der Waals surface area (Å²) in [5.41, 5.74) is 3.16. The number of halogens is 1. The van der Waals surface area contributed by atoms with Crippen molar-refractivity contribution >= 4 is 5.91 Å². The van der Waals surface area contributed by atoms with Gasteiger partial charge in [-0.3, -0.25) is 4.79 Å². The highest BCUT2D eigenvalue weighted by molar-refractivity contribution is 5.78. The van der Waals surface area contributed by atoms with E-state index < -0.39 is 0 Å². The first-order valence-corrected chi connectivity index (χ1v) is 7.94. The molecule has 0 aliphatic heterocycles. The van der Waals surface area contributed by atoms with Crippen LogP contribution in [0.2, 0.25) is 0 Å². The van der Waals surface area contributed by atoms with Gasteiger partial charge in [-0.25, -0.2) is 4.39 Å². The van der Waals surface area contributed by atoms with Crippen molar-refractivity contribution in [1.29, 1.82) is 5.26 Å². The Morgan fingerprint density at radius 2 is 2.12 bits per heavy atom. The first-order chi connectivity index (χ1) is 11.7. The van der Waals surface area contributed by atoms with Gasteiger partial charge in [-0.1, -0.05) is 24.3 Å². The van der Waals surface area contributed by atoms with Crippen LogP contribution in [0.5, 0.6) is 0 Å². The summed E-state index contributed by atoms with van der Waals surface area (Å²) in [4.78, 5) is 12.0. The minimum Gasteiger partial charge on any atom is -0.351 e. The van der Waals surface area contributed by atoms with Crippen molar-refractivity contribution in [2.45, 2.75) is 25.4 Å². The van der Waals surface area contributed by atoms with Gasteiger partial charge in [0.05, 0.1) is 18.2 Å². The van der Waals surface area contributed by atoms with Gasteiger partial charge in [-0.15, -0.1) is 0 Å². The lowest BCUT2D eigenvalue weighted by Crippen LogP contribution is -2.34. The van der Waals surface area contributed by atoms with E-state index in [1.165, 1.54) is 6.07 Å². The maximum atomic E-state index is 13.7.